The number of carboxylic acids is 1. The molecule has 0 aliphatic heterocycles. The van der Waals surface area contributed by atoms with Crippen LogP contribution in [-0.2, 0) is 9.59 Å². The Hall–Kier alpha value is -1.73. The van der Waals surface area contributed by atoms with Gasteiger partial charge in [0, 0.05) is 0 Å². The van der Waals surface area contributed by atoms with Crippen molar-refractivity contribution >= 4 is 29.3 Å². The van der Waals surface area contributed by atoms with Crippen LogP contribution in [0.4, 0.5) is 5.82 Å². The SMILES string of the molecule is NC(CC(=O)O)C(=O)Nc1ccc(Cl)nn1. The van der Waals surface area contributed by atoms with Gasteiger partial charge in [-0.05, 0) is 12.1 Å². The Balaban J connectivity index is 2.57. The number of nitrogens with two attached hydrogens (primary N) is 1. The summed E-state index contributed by atoms with van der Waals surface area (Å²) in [5.41, 5.74) is 5.33. The quantitative estimate of drug-likeness (QED) is 0.679. The topological polar surface area (TPSA) is 118 Å². The van der Waals surface area contributed by atoms with Gasteiger partial charge in [0.05, 0.1) is 12.5 Å². The van der Waals surface area contributed by atoms with Crippen LogP contribution in [0.3, 0.4) is 0 Å². The van der Waals surface area contributed by atoms with Gasteiger partial charge in [-0.15, -0.1) is 10.2 Å². The van der Waals surface area contributed by atoms with E-state index in [1.807, 2.05) is 0 Å². The lowest BCUT2D eigenvalue weighted by Gasteiger charge is -2.08. The van der Waals surface area contributed by atoms with Gasteiger partial charge < -0.3 is 16.2 Å². The van der Waals surface area contributed by atoms with Gasteiger partial charge in [0.25, 0.3) is 0 Å². The van der Waals surface area contributed by atoms with E-state index in [1.54, 1.807) is 0 Å². The van der Waals surface area contributed by atoms with E-state index in [-0.39, 0.29) is 11.0 Å². The molecule has 0 radical (unpaired) electrons. The monoisotopic (exact) mass is 244 g/mol. The zero-order valence-electron chi connectivity index (χ0n) is 8.05. The Labute approximate surface area is 95.6 Å². The highest BCUT2D eigenvalue weighted by molar-refractivity contribution is 6.29. The molecule has 0 aromatic carbocycles. The Kier molecular flexibility index (Phi) is 4.15. The first kappa shape index (κ1) is 12.3. The van der Waals surface area contributed by atoms with Gasteiger partial charge in [-0.25, -0.2) is 0 Å². The van der Waals surface area contributed by atoms with Crippen molar-refractivity contribution in [2.24, 2.45) is 5.73 Å². The Morgan fingerprint density at radius 1 is 1.50 bits per heavy atom. The van der Waals surface area contributed by atoms with E-state index in [2.05, 4.69) is 15.5 Å². The number of anilines is 1. The molecule has 86 valence electrons. The van der Waals surface area contributed by atoms with Crippen LogP contribution in [-0.4, -0.2) is 33.2 Å². The number of rotatable bonds is 4. The molecule has 0 aliphatic rings. The summed E-state index contributed by atoms with van der Waals surface area (Å²) in [6.45, 7) is 0. The predicted molar refractivity (Wildman–Crippen MR) is 55.9 cm³/mol. The Morgan fingerprint density at radius 3 is 2.69 bits per heavy atom. The van der Waals surface area contributed by atoms with E-state index < -0.39 is 24.3 Å². The fourth-order valence-corrected chi connectivity index (χ4v) is 0.983. The predicted octanol–water partition coefficient (Wildman–Crippen LogP) is -0.130. The molecule has 4 N–H and O–H groups in total. The molecule has 16 heavy (non-hydrogen) atoms. The zero-order valence-corrected chi connectivity index (χ0v) is 8.81. The average Bonchev–Trinajstić information content (AvgIpc) is 2.20. The van der Waals surface area contributed by atoms with Gasteiger partial charge >= 0.3 is 5.97 Å². The summed E-state index contributed by atoms with van der Waals surface area (Å²) in [4.78, 5) is 21.6. The maximum atomic E-state index is 11.3. The number of carbonyl (C=O) groups is 2. The molecular weight excluding hydrogens is 236 g/mol. The molecule has 1 unspecified atom stereocenters. The van der Waals surface area contributed by atoms with Crippen LogP contribution in [0.2, 0.25) is 5.15 Å². The first-order valence-corrected chi connectivity index (χ1v) is 4.64. The molecule has 1 amide bonds. The third-order valence-electron chi connectivity index (χ3n) is 1.61. The third kappa shape index (κ3) is 3.79. The van der Waals surface area contributed by atoms with Gasteiger partial charge in [0.15, 0.2) is 11.0 Å². The summed E-state index contributed by atoms with van der Waals surface area (Å²) in [5, 5.41) is 18.0. The molecule has 8 heteroatoms. The summed E-state index contributed by atoms with van der Waals surface area (Å²) in [6.07, 6.45) is -0.452. The van der Waals surface area contributed by atoms with E-state index in [0.717, 1.165) is 0 Å². The van der Waals surface area contributed by atoms with Crippen LogP contribution >= 0.6 is 11.6 Å². The molecule has 1 heterocycles. The van der Waals surface area contributed by atoms with Crippen molar-refractivity contribution in [2.75, 3.05) is 5.32 Å². The first-order valence-electron chi connectivity index (χ1n) is 4.26. The lowest BCUT2D eigenvalue weighted by atomic mass is 10.2. The number of carbonyl (C=O) groups excluding carboxylic acids is 1. The van der Waals surface area contributed by atoms with Crippen LogP contribution < -0.4 is 11.1 Å². The zero-order chi connectivity index (χ0) is 12.1. The van der Waals surface area contributed by atoms with Crippen molar-refractivity contribution in [1.29, 1.82) is 0 Å². The molecule has 0 bridgehead atoms. The molecule has 1 aromatic heterocycles. The summed E-state index contributed by atoms with van der Waals surface area (Å²) in [5.74, 6) is -1.63. The highest BCUT2D eigenvalue weighted by atomic mass is 35.5. The smallest absolute Gasteiger partial charge is 0.305 e. The second-order valence-corrected chi connectivity index (χ2v) is 3.32. The van der Waals surface area contributed by atoms with Crippen LogP contribution in [0.1, 0.15) is 6.42 Å². The standard InChI is InChI=1S/C8H9ClN4O3/c9-5-1-2-6(13-12-5)11-8(16)4(10)3-7(14)15/h1-2,4H,3,10H2,(H,14,15)(H,11,13,16). The second kappa shape index (κ2) is 5.38. The van der Waals surface area contributed by atoms with Crippen molar-refractivity contribution in [3.8, 4) is 0 Å². The largest absolute Gasteiger partial charge is 0.481 e. The van der Waals surface area contributed by atoms with Gasteiger partial charge in [-0.2, -0.15) is 0 Å². The number of carboxylic acid groups (broad SMARTS) is 1. The van der Waals surface area contributed by atoms with E-state index in [1.165, 1.54) is 12.1 Å². The fraction of sp³-hybridized carbons (Fsp3) is 0.250. The highest BCUT2D eigenvalue weighted by Gasteiger charge is 2.17. The number of halogens is 1. The molecule has 0 spiro atoms. The lowest BCUT2D eigenvalue weighted by Crippen LogP contribution is -2.37. The van der Waals surface area contributed by atoms with Crippen LogP contribution in [0.5, 0.6) is 0 Å². The molecule has 0 saturated carbocycles. The minimum absolute atomic E-state index is 0.162. The molecule has 1 atom stereocenters. The minimum Gasteiger partial charge on any atom is -0.481 e. The number of hydrogen-bond donors (Lipinski definition) is 3. The van der Waals surface area contributed by atoms with E-state index in [9.17, 15) is 9.59 Å². The van der Waals surface area contributed by atoms with Crippen molar-refractivity contribution in [3.05, 3.63) is 17.3 Å². The first-order chi connectivity index (χ1) is 7.49. The molecule has 1 rings (SSSR count). The lowest BCUT2D eigenvalue weighted by molar-refractivity contribution is -0.138. The highest BCUT2D eigenvalue weighted by Crippen LogP contribution is 2.06. The number of nitrogens with zero attached hydrogens (tertiary/aromatic N) is 2. The fourth-order valence-electron chi connectivity index (χ4n) is 0.882. The summed E-state index contributed by atoms with van der Waals surface area (Å²) < 4.78 is 0. The summed E-state index contributed by atoms with van der Waals surface area (Å²) in [7, 11) is 0. The number of hydrogen-bond acceptors (Lipinski definition) is 5. The van der Waals surface area contributed by atoms with E-state index >= 15 is 0 Å². The second-order valence-electron chi connectivity index (χ2n) is 2.93. The maximum Gasteiger partial charge on any atom is 0.305 e. The molecule has 0 aliphatic carbocycles. The molecule has 0 fully saturated rings. The number of aromatic nitrogens is 2. The number of amides is 1. The van der Waals surface area contributed by atoms with Crippen molar-refractivity contribution in [2.45, 2.75) is 12.5 Å². The van der Waals surface area contributed by atoms with Gasteiger partial charge in [-0.1, -0.05) is 11.6 Å². The summed E-state index contributed by atoms with van der Waals surface area (Å²) >= 11 is 5.49. The van der Waals surface area contributed by atoms with Gasteiger partial charge in [-0.3, -0.25) is 9.59 Å². The molecule has 0 saturated heterocycles. The van der Waals surface area contributed by atoms with Gasteiger partial charge in [0.1, 0.15) is 0 Å². The molecule has 7 nitrogen and oxygen atoms in total. The van der Waals surface area contributed by atoms with E-state index in [4.69, 9.17) is 22.4 Å². The van der Waals surface area contributed by atoms with Crippen molar-refractivity contribution in [3.63, 3.8) is 0 Å². The van der Waals surface area contributed by atoms with Crippen LogP contribution in [0, 0.1) is 0 Å². The Morgan fingerprint density at radius 2 is 2.19 bits per heavy atom. The minimum atomic E-state index is -1.15. The summed E-state index contributed by atoms with van der Waals surface area (Å²) in [6, 6.07) is 1.74. The average molecular weight is 245 g/mol. The maximum absolute atomic E-state index is 11.3. The number of aliphatic carboxylic acids is 1. The molecular formula is C8H9ClN4O3. The van der Waals surface area contributed by atoms with Crippen LogP contribution in [0.15, 0.2) is 12.1 Å². The Bertz CT molecular complexity index is 395. The normalized spacial score (nSPS) is 11.9. The molecule has 1 aromatic rings. The van der Waals surface area contributed by atoms with Crippen molar-refractivity contribution in [1.82, 2.24) is 10.2 Å². The van der Waals surface area contributed by atoms with Crippen molar-refractivity contribution < 1.29 is 14.7 Å². The number of nitrogens with one attached hydrogen (secondary N) is 1. The van der Waals surface area contributed by atoms with Crippen LogP contribution in [0.25, 0.3) is 0 Å². The third-order valence-corrected chi connectivity index (χ3v) is 1.82. The van der Waals surface area contributed by atoms with Gasteiger partial charge in [0.2, 0.25) is 5.91 Å². The van der Waals surface area contributed by atoms with E-state index in [0.29, 0.717) is 0 Å².